The molecule has 124 valence electrons. The van der Waals surface area contributed by atoms with Crippen molar-refractivity contribution in [1.29, 1.82) is 0 Å². The fraction of sp³-hybridized carbons (Fsp3) is 0.333. The summed E-state index contributed by atoms with van der Waals surface area (Å²) in [5.41, 5.74) is 1.39. The molecular weight excluding hydrogens is 338 g/mol. The number of rotatable bonds is 3. The molecule has 1 aromatic carbocycles. The standard InChI is InChI=1S/C18H19N3OS2/c22-17-15-8-11-24-16(15)19-18(23)21(17)14-6-9-20(10-7-14)12-13-4-2-1-3-5-13/h1-5,8,11,14H,6-7,9-10,12H2,(H,19,23). The van der Waals surface area contributed by atoms with E-state index in [0.29, 0.717) is 4.77 Å². The van der Waals surface area contributed by atoms with Gasteiger partial charge in [0.05, 0.1) is 5.39 Å². The van der Waals surface area contributed by atoms with Crippen LogP contribution >= 0.6 is 23.6 Å². The monoisotopic (exact) mass is 357 g/mol. The maximum absolute atomic E-state index is 12.8. The Labute approximate surface area is 149 Å². The molecule has 4 nitrogen and oxygen atoms in total. The predicted molar refractivity (Wildman–Crippen MR) is 101 cm³/mol. The van der Waals surface area contributed by atoms with Crippen LogP contribution in [0.4, 0.5) is 0 Å². The molecule has 0 saturated carbocycles. The molecule has 1 saturated heterocycles. The number of fused-ring (bicyclic) bond motifs is 1. The quantitative estimate of drug-likeness (QED) is 0.722. The minimum absolute atomic E-state index is 0.0523. The summed E-state index contributed by atoms with van der Waals surface area (Å²) in [6, 6.07) is 12.6. The number of aromatic nitrogens is 2. The van der Waals surface area contributed by atoms with E-state index in [4.69, 9.17) is 12.2 Å². The highest BCUT2D eigenvalue weighted by atomic mass is 32.1. The van der Waals surface area contributed by atoms with Crippen LogP contribution in [0.15, 0.2) is 46.6 Å². The number of hydrogen-bond acceptors (Lipinski definition) is 4. The molecule has 2 aromatic heterocycles. The summed E-state index contributed by atoms with van der Waals surface area (Å²) >= 11 is 6.98. The highest BCUT2D eigenvalue weighted by molar-refractivity contribution is 7.71. The van der Waals surface area contributed by atoms with E-state index in [1.807, 2.05) is 17.5 Å². The van der Waals surface area contributed by atoms with E-state index < -0.39 is 0 Å². The summed E-state index contributed by atoms with van der Waals surface area (Å²) in [4.78, 5) is 19.3. The summed E-state index contributed by atoms with van der Waals surface area (Å²) < 4.78 is 2.35. The van der Waals surface area contributed by atoms with Crippen LogP contribution in [0.25, 0.3) is 10.2 Å². The van der Waals surface area contributed by atoms with Gasteiger partial charge in [0.2, 0.25) is 0 Å². The fourth-order valence-corrected chi connectivity index (χ4v) is 4.64. The average Bonchev–Trinajstić information content (AvgIpc) is 3.06. The highest BCUT2D eigenvalue weighted by Crippen LogP contribution is 2.24. The minimum atomic E-state index is 0.0523. The lowest BCUT2D eigenvalue weighted by atomic mass is 10.0. The van der Waals surface area contributed by atoms with Gasteiger partial charge in [-0.1, -0.05) is 30.3 Å². The molecule has 0 atom stereocenters. The second-order valence-corrected chi connectivity index (χ2v) is 7.56. The van der Waals surface area contributed by atoms with Gasteiger partial charge in [0, 0.05) is 25.7 Å². The highest BCUT2D eigenvalue weighted by Gasteiger charge is 2.23. The maximum atomic E-state index is 12.8. The Morgan fingerprint density at radius 2 is 1.92 bits per heavy atom. The molecule has 0 unspecified atom stereocenters. The lowest BCUT2D eigenvalue weighted by molar-refractivity contribution is 0.177. The average molecular weight is 358 g/mol. The van der Waals surface area contributed by atoms with Gasteiger partial charge in [-0.25, -0.2) is 0 Å². The Hall–Kier alpha value is -1.76. The summed E-state index contributed by atoms with van der Waals surface area (Å²) in [5.74, 6) is 0. The summed E-state index contributed by atoms with van der Waals surface area (Å²) in [6.45, 7) is 2.95. The molecule has 24 heavy (non-hydrogen) atoms. The first kappa shape index (κ1) is 15.7. The smallest absolute Gasteiger partial charge is 0.263 e. The maximum Gasteiger partial charge on any atom is 0.263 e. The minimum Gasteiger partial charge on any atom is -0.323 e. The third-order valence-corrected chi connectivity index (χ3v) is 5.85. The van der Waals surface area contributed by atoms with Crippen LogP contribution in [0.2, 0.25) is 0 Å². The second-order valence-electron chi connectivity index (χ2n) is 6.26. The molecule has 1 aliphatic rings. The Bertz CT molecular complexity index is 950. The zero-order valence-electron chi connectivity index (χ0n) is 13.3. The third kappa shape index (κ3) is 2.97. The second kappa shape index (κ2) is 6.63. The zero-order chi connectivity index (χ0) is 16.5. The van der Waals surface area contributed by atoms with Crippen LogP contribution < -0.4 is 5.56 Å². The first-order chi connectivity index (χ1) is 11.7. The van der Waals surface area contributed by atoms with Crippen LogP contribution in [0.5, 0.6) is 0 Å². The molecule has 1 aliphatic heterocycles. The number of nitrogens with zero attached hydrogens (tertiary/aromatic N) is 2. The van der Waals surface area contributed by atoms with E-state index in [-0.39, 0.29) is 11.6 Å². The Kier molecular flexibility index (Phi) is 4.35. The van der Waals surface area contributed by atoms with E-state index in [0.717, 1.165) is 42.7 Å². The molecule has 4 rings (SSSR count). The summed E-state index contributed by atoms with van der Waals surface area (Å²) in [5, 5.41) is 2.68. The zero-order valence-corrected chi connectivity index (χ0v) is 14.9. The van der Waals surface area contributed by atoms with Crippen LogP contribution in [0.3, 0.4) is 0 Å². The molecule has 1 N–H and O–H groups in total. The van der Waals surface area contributed by atoms with Gasteiger partial charge >= 0.3 is 0 Å². The molecule has 0 amide bonds. The number of likely N-dealkylation sites (tertiary alicyclic amines) is 1. The Balaban J connectivity index is 1.52. The van der Waals surface area contributed by atoms with Crippen molar-refractivity contribution in [3.05, 3.63) is 62.5 Å². The van der Waals surface area contributed by atoms with Crippen molar-refractivity contribution >= 4 is 33.8 Å². The molecule has 3 aromatic rings. The number of hydrogen-bond donors (Lipinski definition) is 1. The van der Waals surface area contributed by atoms with Crippen LogP contribution in [-0.2, 0) is 6.54 Å². The van der Waals surface area contributed by atoms with Crippen molar-refractivity contribution in [2.24, 2.45) is 0 Å². The van der Waals surface area contributed by atoms with Crippen LogP contribution in [0.1, 0.15) is 24.4 Å². The molecule has 0 aliphatic carbocycles. The van der Waals surface area contributed by atoms with Crippen molar-refractivity contribution in [3.8, 4) is 0 Å². The van der Waals surface area contributed by atoms with E-state index in [9.17, 15) is 4.79 Å². The van der Waals surface area contributed by atoms with Gasteiger partial charge in [-0.2, -0.15) is 0 Å². The first-order valence-corrected chi connectivity index (χ1v) is 9.49. The van der Waals surface area contributed by atoms with E-state index in [1.54, 1.807) is 4.57 Å². The van der Waals surface area contributed by atoms with Crippen molar-refractivity contribution in [3.63, 3.8) is 0 Å². The lowest BCUT2D eigenvalue weighted by Gasteiger charge is -2.32. The Morgan fingerprint density at radius 1 is 1.17 bits per heavy atom. The van der Waals surface area contributed by atoms with Gasteiger partial charge in [-0.3, -0.25) is 14.3 Å². The number of piperidine rings is 1. The van der Waals surface area contributed by atoms with Crippen molar-refractivity contribution in [2.75, 3.05) is 13.1 Å². The Morgan fingerprint density at radius 3 is 2.67 bits per heavy atom. The molecular formula is C18H19N3OS2. The number of thiophene rings is 1. The van der Waals surface area contributed by atoms with Gasteiger partial charge in [0.15, 0.2) is 4.77 Å². The number of aromatic amines is 1. The fourth-order valence-electron chi connectivity index (χ4n) is 3.46. The third-order valence-electron chi connectivity index (χ3n) is 4.72. The number of nitrogens with one attached hydrogen (secondary N) is 1. The van der Waals surface area contributed by atoms with Crippen molar-refractivity contribution in [2.45, 2.75) is 25.4 Å². The van der Waals surface area contributed by atoms with Crippen molar-refractivity contribution < 1.29 is 0 Å². The first-order valence-electron chi connectivity index (χ1n) is 8.20. The largest absolute Gasteiger partial charge is 0.323 e. The topological polar surface area (TPSA) is 41.0 Å². The molecule has 0 spiro atoms. The predicted octanol–water partition coefficient (Wildman–Crippen LogP) is 3.96. The van der Waals surface area contributed by atoms with Gasteiger partial charge in [-0.15, -0.1) is 11.3 Å². The van der Waals surface area contributed by atoms with Crippen molar-refractivity contribution in [1.82, 2.24) is 14.5 Å². The number of benzene rings is 1. The SMILES string of the molecule is O=c1c2ccsc2[nH]c(=S)n1C1CCN(Cc2ccccc2)CC1. The summed E-state index contributed by atoms with van der Waals surface area (Å²) in [7, 11) is 0. The van der Waals surface area contributed by atoms with E-state index in [1.165, 1.54) is 16.9 Å². The van der Waals surface area contributed by atoms with Gasteiger partial charge in [0.1, 0.15) is 4.83 Å². The van der Waals surface area contributed by atoms with Gasteiger partial charge in [-0.05, 0) is 42.1 Å². The number of H-pyrrole nitrogens is 1. The van der Waals surface area contributed by atoms with Crippen LogP contribution in [0, 0.1) is 4.77 Å². The molecule has 1 fully saturated rings. The van der Waals surface area contributed by atoms with Crippen LogP contribution in [-0.4, -0.2) is 27.5 Å². The van der Waals surface area contributed by atoms with Gasteiger partial charge in [0.25, 0.3) is 5.56 Å². The lowest BCUT2D eigenvalue weighted by Crippen LogP contribution is -2.37. The van der Waals surface area contributed by atoms with E-state index in [2.05, 4.69) is 34.1 Å². The van der Waals surface area contributed by atoms with E-state index >= 15 is 0 Å². The normalized spacial score (nSPS) is 16.7. The molecule has 6 heteroatoms. The summed E-state index contributed by atoms with van der Waals surface area (Å²) in [6.07, 6.45) is 1.92. The van der Waals surface area contributed by atoms with Gasteiger partial charge < -0.3 is 4.98 Å². The molecule has 3 heterocycles. The molecule has 0 bridgehead atoms. The molecule has 0 radical (unpaired) electrons.